The van der Waals surface area contributed by atoms with Crippen molar-refractivity contribution in [2.75, 3.05) is 13.2 Å². The van der Waals surface area contributed by atoms with Crippen LogP contribution in [0, 0.1) is 0 Å². The normalized spacial score (nSPS) is 16.6. The van der Waals surface area contributed by atoms with Crippen LogP contribution in [0.5, 0.6) is 5.75 Å². The van der Waals surface area contributed by atoms with Gasteiger partial charge >= 0.3 is 6.09 Å². The fraction of sp³-hybridized carbons (Fsp3) is 0.184. The van der Waals surface area contributed by atoms with E-state index in [9.17, 15) is 4.79 Å². The van der Waals surface area contributed by atoms with Gasteiger partial charge in [-0.05, 0) is 40.8 Å². The van der Waals surface area contributed by atoms with Gasteiger partial charge < -0.3 is 14.4 Å². The summed E-state index contributed by atoms with van der Waals surface area (Å²) in [4.78, 5) is 15.5. The van der Waals surface area contributed by atoms with Gasteiger partial charge in [-0.1, -0.05) is 140 Å². The van der Waals surface area contributed by atoms with Gasteiger partial charge in [0.25, 0.3) is 0 Å². The van der Waals surface area contributed by atoms with Gasteiger partial charge in [0, 0.05) is 11.8 Å². The first-order valence-corrected chi connectivity index (χ1v) is 15.6. The molecule has 1 fully saturated rings. The minimum atomic E-state index is -0.469. The molecule has 216 valence electrons. The third-order valence-corrected chi connectivity index (χ3v) is 9.60. The molecule has 1 aliphatic heterocycles. The number of hydrogen-bond donors (Lipinski definition) is 0. The summed E-state index contributed by atoms with van der Waals surface area (Å²) in [5.41, 5.74) is 4.74. The van der Waals surface area contributed by atoms with Gasteiger partial charge in [0.05, 0.1) is 24.0 Å². The number of hydrogen-bond acceptors (Lipinski definition) is 4. The zero-order valence-corrected chi connectivity index (χ0v) is 24.8. The van der Waals surface area contributed by atoms with E-state index in [2.05, 4.69) is 103 Å². The first kappa shape index (κ1) is 28.8. The van der Waals surface area contributed by atoms with E-state index in [4.69, 9.17) is 9.47 Å². The maximum atomic E-state index is 13.6. The quantitative estimate of drug-likeness (QED) is 0.154. The SMILES string of the molecule is O=C(Oc1ccccc1)N1CC(SC(c2ccccc2)(c2ccccc2)c2ccccc2)CC1COCc1ccccc1. The lowest BCUT2D eigenvalue weighted by Gasteiger charge is -2.37. The zero-order valence-electron chi connectivity index (χ0n) is 24.0. The average molecular weight is 586 g/mol. The van der Waals surface area contributed by atoms with Crippen molar-refractivity contribution in [3.63, 3.8) is 0 Å². The molecule has 5 heteroatoms. The van der Waals surface area contributed by atoms with Crippen molar-refractivity contribution in [3.8, 4) is 5.75 Å². The Kier molecular flexibility index (Phi) is 9.22. The van der Waals surface area contributed by atoms with Gasteiger partial charge in [0.15, 0.2) is 0 Å². The summed E-state index contributed by atoms with van der Waals surface area (Å²) in [7, 11) is 0. The molecule has 6 rings (SSSR count). The van der Waals surface area contributed by atoms with E-state index < -0.39 is 4.75 Å². The van der Waals surface area contributed by atoms with E-state index in [1.807, 2.05) is 65.2 Å². The van der Waals surface area contributed by atoms with Crippen LogP contribution >= 0.6 is 11.8 Å². The highest BCUT2D eigenvalue weighted by atomic mass is 32.2. The summed E-state index contributed by atoms with van der Waals surface area (Å²) in [6.45, 7) is 1.49. The number of benzene rings is 5. The summed E-state index contributed by atoms with van der Waals surface area (Å²) in [6.07, 6.45) is 0.449. The largest absolute Gasteiger partial charge is 0.415 e. The predicted octanol–water partition coefficient (Wildman–Crippen LogP) is 8.57. The van der Waals surface area contributed by atoms with Crippen molar-refractivity contribution in [2.24, 2.45) is 0 Å². The molecule has 0 radical (unpaired) electrons. The maximum absolute atomic E-state index is 13.6. The molecule has 0 bridgehead atoms. The molecule has 1 heterocycles. The van der Waals surface area contributed by atoms with Crippen molar-refractivity contribution in [2.45, 2.75) is 29.1 Å². The number of likely N-dealkylation sites (tertiary alicyclic amines) is 1. The topological polar surface area (TPSA) is 38.8 Å². The minimum Gasteiger partial charge on any atom is -0.410 e. The van der Waals surface area contributed by atoms with Gasteiger partial charge in [-0.25, -0.2) is 4.79 Å². The standard InChI is InChI=1S/C38H35NO3S/c40-37(42-35-24-14-5-15-25-35)39-27-36(26-34(39)29-41-28-30-16-6-1-7-17-30)43-38(31-18-8-2-9-19-31,32-20-10-3-11-21-32)33-22-12-4-13-23-33/h1-25,34,36H,26-29H2. The zero-order chi connectivity index (χ0) is 29.3. The number of ether oxygens (including phenoxy) is 2. The lowest BCUT2D eigenvalue weighted by molar-refractivity contribution is 0.0664. The Morgan fingerprint density at radius 3 is 1.65 bits per heavy atom. The molecule has 5 aromatic carbocycles. The van der Waals surface area contributed by atoms with Crippen LogP contribution in [0.25, 0.3) is 0 Å². The first-order chi connectivity index (χ1) is 21.2. The molecule has 43 heavy (non-hydrogen) atoms. The molecular formula is C38H35NO3S. The molecule has 1 amide bonds. The molecule has 0 saturated carbocycles. The van der Waals surface area contributed by atoms with E-state index in [1.165, 1.54) is 16.7 Å². The molecule has 0 aliphatic carbocycles. The molecule has 0 spiro atoms. The van der Waals surface area contributed by atoms with Crippen LogP contribution in [-0.2, 0) is 16.1 Å². The van der Waals surface area contributed by atoms with Crippen LogP contribution in [0.1, 0.15) is 28.7 Å². The lowest BCUT2D eigenvalue weighted by Crippen LogP contribution is -2.40. The summed E-state index contributed by atoms with van der Waals surface area (Å²) in [5, 5.41) is 0.134. The molecule has 4 nitrogen and oxygen atoms in total. The second-order valence-corrected chi connectivity index (χ2v) is 12.3. The van der Waals surface area contributed by atoms with E-state index in [1.54, 1.807) is 0 Å². The van der Waals surface area contributed by atoms with Crippen molar-refractivity contribution >= 4 is 17.9 Å². The van der Waals surface area contributed by atoms with Crippen LogP contribution in [0.15, 0.2) is 152 Å². The molecule has 5 aromatic rings. The van der Waals surface area contributed by atoms with Crippen LogP contribution in [0.4, 0.5) is 4.79 Å². The maximum Gasteiger partial charge on any atom is 0.415 e. The van der Waals surface area contributed by atoms with Crippen LogP contribution < -0.4 is 4.74 Å². The first-order valence-electron chi connectivity index (χ1n) is 14.7. The fourth-order valence-electron chi connectivity index (χ4n) is 5.85. The number of amides is 1. The third kappa shape index (κ3) is 6.69. The van der Waals surface area contributed by atoms with Crippen LogP contribution in [0.2, 0.25) is 0 Å². The molecule has 2 atom stereocenters. The van der Waals surface area contributed by atoms with Crippen molar-refractivity contribution in [1.82, 2.24) is 4.90 Å². The number of rotatable bonds is 10. The van der Waals surface area contributed by atoms with E-state index in [0.717, 1.165) is 12.0 Å². The third-order valence-electron chi connectivity index (χ3n) is 7.87. The summed E-state index contributed by atoms with van der Waals surface area (Å²) in [5.74, 6) is 0.541. The van der Waals surface area contributed by atoms with Crippen molar-refractivity contribution in [3.05, 3.63) is 174 Å². The molecule has 2 unspecified atom stereocenters. The number of para-hydroxylation sites is 1. The number of thioether (sulfide) groups is 1. The van der Waals surface area contributed by atoms with Gasteiger partial charge in [-0.3, -0.25) is 0 Å². The Bertz CT molecular complexity index is 1470. The Hall–Kier alpha value is -4.32. The summed E-state index contributed by atoms with van der Waals surface area (Å²) in [6, 6.07) is 51.4. The van der Waals surface area contributed by atoms with E-state index in [-0.39, 0.29) is 17.4 Å². The van der Waals surface area contributed by atoms with Crippen LogP contribution in [-0.4, -0.2) is 35.4 Å². The number of nitrogens with zero attached hydrogens (tertiary/aromatic N) is 1. The monoisotopic (exact) mass is 585 g/mol. The second kappa shape index (κ2) is 13.8. The fourth-order valence-corrected chi connectivity index (χ4v) is 7.72. The molecule has 0 N–H and O–H groups in total. The van der Waals surface area contributed by atoms with Crippen molar-refractivity contribution < 1.29 is 14.3 Å². The Morgan fingerprint density at radius 1 is 0.674 bits per heavy atom. The van der Waals surface area contributed by atoms with E-state index >= 15 is 0 Å². The molecule has 1 saturated heterocycles. The summed E-state index contributed by atoms with van der Waals surface area (Å²) < 4.78 is 11.6. The van der Waals surface area contributed by atoms with Gasteiger partial charge in [-0.15, -0.1) is 11.8 Å². The summed E-state index contributed by atoms with van der Waals surface area (Å²) >= 11 is 1.92. The Balaban J connectivity index is 1.32. The number of carbonyl (C=O) groups excluding carboxylic acids is 1. The Labute approximate surface area is 258 Å². The van der Waals surface area contributed by atoms with Crippen molar-refractivity contribution in [1.29, 1.82) is 0 Å². The lowest BCUT2D eigenvalue weighted by atomic mass is 9.84. The number of carbonyl (C=O) groups is 1. The van der Waals surface area contributed by atoms with Crippen LogP contribution in [0.3, 0.4) is 0 Å². The molecule has 0 aromatic heterocycles. The minimum absolute atomic E-state index is 0.113. The molecule has 1 aliphatic rings. The predicted molar refractivity (Wildman–Crippen MR) is 174 cm³/mol. The van der Waals surface area contributed by atoms with Gasteiger partial charge in [0.1, 0.15) is 5.75 Å². The average Bonchev–Trinajstić information content (AvgIpc) is 3.48. The smallest absolute Gasteiger partial charge is 0.410 e. The van der Waals surface area contributed by atoms with Gasteiger partial charge in [-0.2, -0.15) is 0 Å². The highest BCUT2D eigenvalue weighted by Crippen LogP contribution is 2.52. The highest BCUT2D eigenvalue weighted by Gasteiger charge is 2.44. The van der Waals surface area contributed by atoms with Gasteiger partial charge in [0.2, 0.25) is 0 Å². The van der Waals surface area contributed by atoms with E-state index in [0.29, 0.717) is 25.5 Å². The molecular weight excluding hydrogens is 550 g/mol. The Morgan fingerprint density at radius 2 is 1.14 bits per heavy atom. The second-order valence-electron chi connectivity index (χ2n) is 10.7. The highest BCUT2D eigenvalue weighted by molar-refractivity contribution is 8.01.